The minimum Gasteiger partial charge on any atom is -0.465 e. The van der Waals surface area contributed by atoms with Gasteiger partial charge in [0.2, 0.25) is 0 Å². The second kappa shape index (κ2) is 8.49. The maximum absolute atomic E-state index is 11.6. The predicted octanol–water partition coefficient (Wildman–Crippen LogP) is 6.20. The molecule has 3 aromatic rings. The zero-order valence-corrected chi connectivity index (χ0v) is 19.0. The van der Waals surface area contributed by atoms with Gasteiger partial charge in [-0.3, -0.25) is 4.99 Å². The first-order valence-corrected chi connectivity index (χ1v) is 10.1. The van der Waals surface area contributed by atoms with Gasteiger partial charge < -0.3 is 9.30 Å². The lowest BCUT2D eigenvalue weighted by atomic mass is 10.2. The van der Waals surface area contributed by atoms with Crippen molar-refractivity contribution in [2.24, 2.45) is 4.99 Å². The normalized spacial score (nSPS) is 11.2. The van der Waals surface area contributed by atoms with Gasteiger partial charge in [0.05, 0.1) is 23.4 Å². The molecule has 0 unspecified atom stereocenters. The van der Waals surface area contributed by atoms with Crippen LogP contribution in [0.5, 0.6) is 0 Å². The molecule has 144 valence electrons. The highest BCUT2D eigenvalue weighted by Gasteiger charge is 2.12. The Hall–Kier alpha value is -2.12. The van der Waals surface area contributed by atoms with Crippen LogP contribution in [0.1, 0.15) is 32.9 Å². The highest BCUT2D eigenvalue weighted by molar-refractivity contribution is 14.1. The SMILES string of the molecule is COC(=O)c1ccc(N=Cc2cc(C)n(-c3ccc(I)c(C)c3)c2C)cc1Cl. The van der Waals surface area contributed by atoms with Crippen molar-refractivity contribution in [1.29, 1.82) is 0 Å². The minimum absolute atomic E-state index is 0.321. The number of aliphatic imine (C=N–C) groups is 1. The highest BCUT2D eigenvalue weighted by atomic mass is 127. The van der Waals surface area contributed by atoms with Crippen LogP contribution in [0.4, 0.5) is 5.69 Å². The summed E-state index contributed by atoms with van der Waals surface area (Å²) in [6, 6.07) is 13.6. The number of carbonyl (C=O) groups is 1. The van der Waals surface area contributed by atoms with Gasteiger partial charge in [-0.2, -0.15) is 0 Å². The number of hydrogen-bond acceptors (Lipinski definition) is 3. The van der Waals surface area contributed by atoms with Crippen molar-refractivity contribution in [3.8, 4) is 5.69 Å². The molecule has 0 N–H and O–H groups in total. The molecule has 0 saturated heterocycles. The predicted molar refractivity (Wildman–Crippen MR) is 123 cm³/mol. The fourth-order valence-corrected chi connectivity index (χ4v) is 3.67. The molecule has 0 radical (unpaired) electrons. The first-order chi connectivity index (χ1) is 13.3. The van der Waals surface area contributed by atoms with Gasteiger partial charge >= 0.3 is 5.97 Å². The van der Waals surface area contributed by atoms with Crippen LogP contribution in [0.25, 0.3) is 5.69 Å². The Kier molecular flexibility index (Phi) is 6.25. The molecule has 28 heavy (non-hydrogen) atoms. The summed E-state index contributed by atoms with van der Waals surface area (Å²) in [5.74, 6) is -0.461. The molecule has 4 nitrogen and oxygen atoms in total. The van der Waals surface area contributed by atoms with Gasteiger partial charge in [0.15, 0.2) is 0 Å². The van der Waals surface area contributed by atoms with Crippen LogP contribution in [0.15, 0.2) is 47.5 Å². The van der Waals surface area contributed by atoms with Crippen LogP contribution in [-0.2, 0) is 4.74 Å². The standard InChI is InChI=1S/C22H20ClIN2O2/c1-13-9-18(6-8-21(13)24)26-14(2)10-16(15(26)3)12-25-17-5-7-19(20(23)11-17)22(27)28-4/h5-12H,1-4H3. The van der Waals surface area contributed by atoms with E-state index in [2.05, 4.69) is 77.2 Å². The maximum Gasteiger partial charge on any atom is 0.339 e. The number of nitrogens with zero attached hydrogens (tertiary/aromatic N) is 2. The van der Waals surface area contributed by atoms with Gasteiger partial charge in [0.25, 0.3) is 0 Å². The number of aromatic nitrogens is 1. The van der Waals surface area contributed by atoms with Gasteiger partial charge in [-0.25, -0.2) is 4.79 Å². The van der Waals surface area contributed by atoms with Crippen molar-refractivity contribution in [1.82, 2.24) is 4.57 Å². The number of benzene rings is 2. The molecule has 0 spiro atoms. The summed E-state index contributed by atoms with van der Waals surface area (Å²) in [6.45, 7) is 6.28. The van der Waals surface area contributed by atoms with Crippen molar-refractivity contribution < 1.29 is 9.53 Å². The van der Waals surface area contributed by atoms with Crippen molar-refractivity contribution in [2.75, 3.05) is 7.11 Å². The van der Waals surface area contributed by atoms with E-state index in [4.69, 9.17) is 16.3 Å². The molecule has 0 fully saturated rings. The molecule has 3 rings (SSSR count). The van der Waals surface area contributed by atoms with Gasteiger partial charge in [-0.05, 0) is 91.4 Å². The van der Waals surface area contributed by atoms with Gasteiger partial charge in [0, 0.05) is 32.4 Å². The summed E-state index contributed by atoms with van der Waals surface area (Å²) < 4.78 is 8.18. The fourth-order valence-electron chi connectivity index (χ4n) is 3.09. The van der Waals surface area contributed by atoms with Crippen molar-refractivity contribution >= 4 is 52.1 Å². The molecule has 2 aromatic carbocycles. The third kappa shape index (κ3) is 4.15. The van der Waals surface area contributed by atoms with E-state index in [1.54, 1.807) is 18.2 Å². The van der Waals surface area contributed by atoms with Crippen LogP contribution in [-0.4, -0.2) is 23.9 Å². The average molecular weight is 507 g/mol. The summed E-state index contributed by atoms with van der Waals surface area (Å²) in [5, 5.41) is 0.321. The zero-order valence-electron chi connectivity index (χ0n) is 16.1. The number of ether oxygens (including phenoxy) is 1. The van der Waals surface area contributed by atoms with Crippen molar-refractivity contribution in [3.63, 3.8) is 0 Å². The molecule has 0 bridgehead atoms. The first kappa shape index (κ1) is 20.6. The molecule has 0 aliphatic rings. The number of carbonyl (C=O) groups excluding carboxylic acids is 1. The van der Waals surface area contributed by atoms with Crippen molar-refractivity contribution in [2.45, 2.75) is 20.8 Å². The van der Waals surface area contributed by atoms with E-state index in [0.29, 0.717) is 16.3 Å². The van der Waals surface area contributed by atoms with E-state index in [-0.39, 0.29) is 0 Å². The first-order valence-electron chi connectivity index (χ1n) is 8.69. The lowest BCUT2D eigenvalue weighted by molar-refractivity contribution is 0.0601. The molecular weight excluding hydrogens is 487 g/mol. The fraction of sp³-hybridized carbons (Fsp3) is 0.182. The summed E-state index contributed by atoms with van der Waals surface area (Å²) in [7, 11) is 1.33. The summed E-state index contributed by atoms with van der Waals surface area (Å²) in [4.78, 5) is 16.2. The second-order valence-corrected chi connectivity index (χ2v) is 8.08. The number of methoxy groups -OCH3 is 1. The highest BCUT2D eigenvalue weighted by Crippen LogP contribution is 2.25. The Morgan fingerprint density at radius 1 is 1.14 bits per heavy atom. The quantitative estimate of drug-likeness (QED) is 0.240. The Labute approximate surface area is 183 Å². The zero-order chi connectivity index (χ0) is 20.4. The summed E-state index contributed by atoms with van der Waals surface area (Å²) in [5.41, 5.74) is 6.67. The molecule has 0 atom stereocenters. The van der Waals surface area contributed by atoms with Crippen LogP contribution in [0.2, 0.25) is 5.02 Å². The Bertz CT molecular complexity index is 1090. The van der Waals surface area contributed by atoms with Gasteiger partial charge in [-0.1, -0.05) is 11.6 Å². The Balaban J connectivity index is 1.92. The number of halogens is 2. The van der Waals surface area contributed by atoms with E-state index >= 15 is 0 Å². The summed E-state index contributed by atoms with van der Waals surface area (Å²) >= 11 is 8.52. The molecule has 0 aliphatic heterocycles. The van der Waals surface area contributed by atoms with E-state index < -0.39 is 5.97 Å². The second-order valence-electron chi connectivity index (χ2n) is 6.51. The molecule has 0 amide bonds. The smallest absolute Gasteiger partial charge is 0.339 e. The van der Waals surface area contributed by atoms with Crippen LogP contribution >= 0.6 is 34.2 Å². The monoisotopic (exact) mass is 506 g/mol. The van der Waals surface area contributed by atoms with E-state index in [0.717, 1.165) is 22.6 Å². The Morgan fingerprint density at radius 3 is 2.54 bits per heavy atom. The van der Waals surface area contributed by atoms with E-state index in [1.165, 1.54) is 16.2 Å². The minimum atomic E-state index is -0.461. The van der Waals surface area contributed by atoms with E-state index in [9.17, 15) is 4.79 Å². The number of hydrogen-bond donors (Lipinski definition) is 0. The van der Waals surface area contributed by atoms with Crippen LogP contribution in [0.3, 0.4) is 0 Å². The third-order valence-electron chi connectivity index (χ3n) is 4.58. The largest absolute Gasteiger partial charge is 0.465 e. The lowest BCUT2D eigenvalue weighted by Gasteiger charge is -2.11. The number of aryl methyl sites for hydroxylation is 2. The third-order valence-corrected chi connectivity index (χ3v) is 6.10. The molecule has 1 heterocycles. The van der Waals surface area contributed by atoms with Crippen LogP contribution < -0.4 is 0 Å². The molecule has 1 aromatic heterocycles. The summed E-state index contributed by atoms with van der Waals surface area (Å²) in [6.07, 6.45) is 1.82. The van der Waals surface area contributed by atoms with Gasteiger partial charge in [-0.15, -0.1) is 0 Å². The van der Waals surface area contributed by atoms with Gasteiger partial charge in [0.1, 0.15) is 0 Å². The number of esters is 1. The van der Waals surface area contributed by atoms with Crippen LogP contribution in [0, 0.1) is 24.3 Å². The number of rotatable bonds is 4. The topological polar surface area (TPSA) is 43.6 Å². The molecule has 6 heteroatoms. The molecule has 0 aliphatic carbocycles. The lowest BCUT2D eigenvalue weighted by Crippen LogP contribution is -2.01. The average Bonchev–Trinajstić information content (AvgIpc) is 2.95. The molecule has 0 saturated carbocycles. The maximum atomic E-state index is 11.6. The van der Waals surface area contributed by atoms with E-state index in [1.807, 2.05) is 6.21 Å². The Morgan fingerprint density at radius 2 is 1.89 bits per heavy atom. The van der Waals surface area contributed by atoms with Crippen molar-refractivity contribution in [3.05, 3.63) is 79.1 Å². The molecular formula is C22H20ClIN2O2.